The van der Waals surface area contributed by atoms with Crippen LogP contribution in [0.15, 0.2) is 30.9 Å². The minimum Gasteiger partial charge on any atom is -0.492 e. The first-order valence-corrected chi connectivity index (χ1v) is 10.6. The lowest BCUT2D eigenvalue weighted by Gasteiger charge is -2.19. The Morgan fingerprint density at radius 2 is 1.73 bits per heavy atom. The van der Waals surface area contributed by atoms with Crippen LogP contribution in [-0.4, -0.2) is 86.8 Å². The van der Waals surface area contributed by atoms with E-state index in [2.05, 4.69) is 19.9 Å². The van der Waals surface area contributed by atoms with Crippen molar-refractivity contribution in [3.05, 3.63) is 42.2 Å². The molecular weight excluding hydrogens is 518 g/mol. The zero-order valence-corrected chi connectivity index (χ0v) is 19.3. The van der Waals surface area contributed by atoms with Crippen molar-refractivity contribution in [2.45, 2.75) is 31.9 Å². The number of alkyl halides is 6. The molecule has 2 saturated heterocycles. The average Bonchev–Trinajstić information content (AvgIpc) is 3.52. The number of likely N-dealkylation sites (tertiary alicyclic amines) is 1. The topological polar surface area (TPSA) is 138 Å². The number of hydrogen-bond acceptors (Lipinski definition) is 7. The Labute approximate surface area is 206 Å². The molecule has 0 aromatic carbocycles. The lowest BCUT2D eigenvalue weighted by atomic mass is 9.94. The van der Waals surface area contributed by atoms with E-state index >= 15 is 0 Å². The first-order chi connectivity index (χ1) is 17.2. The Kier molecular flexibility index (Phi) is 10.2. The SMILES string of the molecule is Cc1ccc(OC[C@@H]2CO[C@@H]3CN(Cc4cnc[nH]4)C[C@H]23)cn1.O=C(O)C(F)(F)F.O=C(O)C(F)(F)F. The van der Waals surface area contributed by atoms with E-state index in [1.165, 1.54) is 0 Å². The van der Waals surface area contributed by atoms with Gasteiger partial charge in [0.15, 0.2) is 0 Å². The molecule has 0 bridgehead atoms. The molecule has 3 atom stereocenters. The van der Waals surface area contributed by atoms with E-state index in [4.69, 9.17) is 29.3 Å². The van der Waals surface area contributed by atoms with Crippen LogP contribution in [0.5, 0.6) is 5.75 Å². The maximum absolute atomic E-state index is 10.6. The van der Waals surface area contributed by atoms with Gasteiger partial charge >= 0.3 is 24.3 Å². The molecule has 2 fully saturated rings. The number of hydrogen-bond donors (Lipinski definition) is 3. The molecule has 2 aliphatic heterocycles. The van der Waals surface area contributed by atoms with Crippen molar-refractivity contribution in [1.29, 1.82) is 0 Å². The van der Waals surface area contributed by atoms with Crippen molar-refractivity contribution in [1.82, 2.24) is 19.9 Å². The lowest BCUT2D eigenvalue weighted by Crippen LogP contribution is -2.26. The summed E-state index contributed by atoms with van der Waals surface area (Å²) in [5, 5.41) is 14.2. The number of rotatable bonds is 5. The van der Waals surface area contributed by atoms with E-state index in [0.29, 0.717) is 24.5 Å². The molecular formula is C21H24F6N4O6. The zero-order chi connectivity index (χ0) is 27.8. The first-order valence-electron chi connectivity index (χ1n) is 10.6. The summed E-state index contributed by atoms with van der Waals surface area (Å²) in [7, 11) is 0. The number of nitrogens with zero attached hydrogens (tertiary/aromatic N) is 3. The molecule has 4 heterocycles. The van der Waals surface area contributed by atoms with Crippen LogP contribution in [0.1, 0.15) is 11.4 Å². The van der Waals surface area contributed by atoms with Crippen LogP contribution in [-0.2, 0) is 20.9 Å². The minimum atomic E-state index is -5.08. The number of carboxylic acids is 2. The second kappa shape index (κ2) is 12.7. The van der Waals surface area contributed by atoms with Crippen LogP contribution < -0.4 is 4.74 Å². The number of carbonyl (C=O) groups is 2. The number of ether oxygens (including phenoxy) is 2. The van der Waals surface area contributed by atoms with Gasteiger partial charge in [0.1, 0.15) is 5.75 Å². The van der Waals surface area contributed by atoms with E-state index in [0.717, 1.165) is 43.4 Å². The molecule has 37 heavy (non-hydrogen) atoms. The standard InChI is InChI=1S/C17H22N4O2.2C2HF3O2/c1-12-2-3-15(5-19-12)22-9-13-10-23-17-8-21(7-16(13)17)6-14-4-18-11-20-14;2*3-2(4,5)1(6)7/h2-5,11,13,16-17H,6-10H2,1H3,(H,18,20);2*(H,6,7)/t13-,16-,17-;;/m1../s1. The highest BCUT2D eigenvalue weighted by atomic mass is 19.4. The largest absolute Gasteiger partial charge is 0.492 e. The van der Waals surface area contributed by atoms with Crippen molar-refractivity contribution < 1.29 is 55.6 Å². The summed E-state index contributed by atoms with van der Waals surface area (Å²) in [5.41, 5.74) is 2.16. The van der Waals surface area contributed by atoms with E-state index in [1.807, 2.05) is 25.3 Å². The maximum atomic E-state index is 10.6. The Bertz CT molecular complexity index is 976. The number of fused-ring (bicyclic) bond motifs is 1. The lowest BCUT2D eigenvalue weighted by molar-refractivity contribution is -0.193. The predicted molar refractivity (Wildman–Crippen MR) is 112 cm³/mol. The Balaban J connectivity index is 0.000000286. The van der Waals surface area contributed by atoms with Crippen molar-refractivity contribution in [3.8, 4) is 5.75 Å². The number of carboxylic acid groups (broad SMARTS) is 2. The molecule has 0 saturated carbocycles. The fourth-order valence-corrected chi connectivity index (χ4v) is 3.54. The van der Waals surface area contributed by atoms with E-state index in [1.54, 1.807) is 12.5 Å². The van der Waals surface area contributed by atoms with Gasteiger partial charge in [-0.1, -0.05) is 0 Å². The molecule has 0 aliphatic carbocycles. The van der Waals surface area contributed by atoms with Crippen LogP contribution in [0.4, 0.5) is 26.3 Å². The van der Waals surface area contributed by atoms with Gasteiger partial charge in [-0.15, -0.1) is 0 Å². The number of nitrogens with one attached hydrogen (secondary N) is 1. The zero-order valence-electron chi connectivity index (χ0n) is 19.3. The summed E-state index contributed by atoms with van der Waals surface area (Å²) in [6.45, 7) is 6.43. The summed E-state index contributed by atoms with van der Waals surface area (Å²) in [5.74, 6) is -3.67. The molecule has 0 radical (unpaired) electrons. The fraction of sp³-hybridized carbons (Fsp3) is 0.524. The van der Waals surface area contributed by atoms with Crippen molar-refractivity contribution in [2.24, 2.45) is 11.8 Å². The third-order valence-corrected chi connectivity index (χ3v) is 5.30. The van der Waals surface area contributed by atoms with Crippen molar-refractivity contribution in [3.63, 3.8) is 0 Å². The molecule has 0 spiro atoms. The van der Waals surface area contributed by atoms with Gasteiger partial charge in [0.05, 0.1) is 31.8 Å². The summed E-state index contributed by atoms with van der Waals surface area (Å²) in [4.78, 5) is 31.7. The Morgan fingerprint density at radius 1 is 1.11 bits per heavy atom. The number of H-pyrrole nitrogens is 1. The molecule has 2 aromatic heterocycles. The van der Waals surface area contributed by atoms with Gasteiger partial charge in [-0.25, -0.2) is 14.6 Å². The van der Waals surface area contributed by atoms with Gasteiger partial charge in [0.25, 0.3) is 0 Å². The number of aromatic nitrogens is 3. The Hall–Kier alpha value is -3.40. The second-order valence-electron chi connectivity index (χ2n) is 8.12. The van der Waals surface area contributed by atoms with Gasteiger partial charge in [-0.05, 0) is 19.1 Å². The van der Waals surface area contributed by atoms with E-state index in [-0.39, 0.29) is 0 Å². The summed E-state index contributed by atoms with van der Waals surface area (Å²) in [6, 6.07) is 3.96. The summed E-state index contributed by atoms with van der Waals surface area (Å²) in [6.07, 6.45) is -4.42. The van der Waals surface area contributed by atoms with Crippen molar-refractivity contribution in [2.75, 3.05) is 26.3 Å². The molecule has 2 aliphatic rings. The van der Waals surface area contributed by atoms with Crippen LogP contribution in [0.25, 0.3) is 0 Å². The highest BCUT2D eigenvalue weighted by Crippen LogP contribution is 2.34. The minimum absolute atomic E-state index is 0.336. The van der Waals surface area contributed by atoms with Crippen LogP contribution in [0.2, 0.25) is 0 Å². The third kappa shape index (κ3) is 9.87. The van der Waals surface area contributed by atoms with Crippen LogP contribution in [0, 0.1) is 18.8 Å². The van der Waals surface area contributed by atoms with E-state index in [9.17, 15) is 26.3 Å². The highest BCUT2D eigenvalue weighted by Gasteiger charge is 2.44. The molecule has 3 N–H and O–H groups in total. The van der Waals surface area contributed by atoms with Gasteiger partial charge < -0.3 is 24.7 Å². The van der Waals surface area contributed by atoms with Gasteiger partial charge in [-0.2, -0.15) is 26.3 Å². The molecule has 4 rings (SSSR count). The molecule has 2 aromatic rings. The Morgan fingerprint density at radius 3 is 2.22 bits per heavy atom. The molecule has 206 valence electrons. The second-order valence-corrected chi connectivity index (χ2v) is 8.12. The van der Waals surface area contributed by atoms with Gasteiger partial charge in [-0.3, -0.25) is 9.88 Å². The number of aryl methyl sites for hydroxylation is 1. The molecule has 0 amide bonds. The third-order valence-electron chi connectivity index (χ3n) is 5.30. The fourth-order valence-electron chi connectivity index (χ4n) is 3.54. The number of pyridine rings is 1. The molecule has 16 heteroatoms. The number of aromatic amines is 1. The monoisotopic (exact) mass is 542 g/mol. The summed E-state index contributed by atoms with van der Waals surface area (Å²) >= 11 is 0. The smallest absolute Gasteiger partial charge is 0.490 e. The quantitative estimate of drug-likeness (QED) is 0.487. The maximum Gasteiger partial charge on any atom is 0.490 e. The van der Waals surface area contributed by atoms with Crippen molar-refractivity contribution >= 4 is 11.9 Å². The van der Waals surface area contributed by atoms with E-state index < -0.39 is 24.3 Å². The molecule has 0 unspecified atom stereocenters. The average molecular weight is 542 g/mol. The van der Waals surface area contributed by atoms with Gasteiger partial charge in [0.2, 0.25) is 0 Å². The van der Waals surface area contributed by atoms with Gasteiger partial charge in [0, 0.05) is 49.1 Å². The van der Waals surface area contributed by atoms with Crippen LogP contribution >= 0.6 is 0 Å². The summed E-state index contributed by atoms with van der Waals surface area (Å²) < 4.78 is 75.4. The first kappa shape index (κ1) is 29.8. The number of aliphatic carboxylic acids is 2. The molecule has 10 nitrogen and oxygen atoms in total. The predicted octanol–water partition coefficient (Wildman–Crippen LogP) is 2.91. The number of imidazole rings is 1. The normalized spacial score (nSPS) is 21.2. The number of halogens is 6. The van der Waals surface area contributed by atoms with Crippen LogP contribution in [0.3, 0.4) is 0 Å². The highest BCUT2D eigenvalue weighted by molar-refractivity contribution is 5.73.